The normalized spacial score (nSPS) is 12.8. The van der Waals surface area contributed by atoms with Crippen molar-refractivity contribution in [1.82, 2.24) is 10.6 Å². The van der Waals surface area contributed by atoms with Crippen LogP contribution in [0.4, 0.5) is 4.79 Å². The number of carbonyl (C=O) groups is 3. The second-order valence-electron chi connectivity index (χ2n) is 3.95. The van der Waals surface area contributed by atoms with Crippen molar-refractivity contribution in [3.05, 3.63) is 0 Å². The van der Waals surface area contributed by atoms with Gasteiger partial charge >= 0.3 is 18.0 Å². The molecule has 0 aliphatic heterocycles. The molecule has 2 unspecified atom stereocenters. The fourth-order valence-electron chi connectivity index (χ4n) is 1.37. The highest BCUT2D eigenvalue weighted by molar-refractivity contribution is 5.83. The summed E-state index contributed by atoms with van der Waals surface area (Å²) >= 11 is 0. The summed E-state index contributed by atoms with van der Waals surface area (Å²) in [5.74, 6) is -0.0389. The van der Waals surface area contributed by atoms with Gasteiger partial charge in [-0.2, -0.15) is 0 Å². The number of carboxylic acids is 2. The minimum absolute atomic E-state index is 0.188. The second kappa shape index (κ2) is 8.80. The minimum atomic E-state index is -1.29. The molecule has 0 spiro atoms. The van der Waals surface area contributed by atoms with Gasteiger partial charge in [0.15, 0.2) is 0 Å². The average Bonchev–Trinajstić information content (AvgIpc) is 2.33. The van der Waals surface area contributed by atoms with Gasteiger partial charge in [-0.1, -0.05) is 19.3 Å². The molecule has 4 N–H and O–H groups in total. The SMILES string of the molecule is C#CC(CCC)NC(=O)NC(CCC(=O)O)C(=O)O. The van der Waals surface area contributed by atoms with Crippen LogP contribution in [0.1, 0.15) is 32.6 Å². The van der Waals surface area contributed by atoms with Crippen molar-refractivity contribution in [1.29, 1.82) is 0 Å². The van der Waals surface area contributed by atoms with Gasteiger partial charge in [0.25, 0.3) is 0 Å². The first-order valence-corrected chi connectivity index (χ1v) is 5.88. The van der Waals surface area contributed by atoms with E-state index >= 15 is 0 Å². The molecule has 0 fully saturated rings. The van der Waals surface area contributed by atoms with Crippen LogP contribution < -0.4 is 10.6 Å². The fraction of sp³-hybridized carbons (Fsp3) is 0.583. The smallest absolute Gasteiger partial charge is 0.326 e. The van der Waals surface area contributed by atoms with Crippen molar-refractivity contribution in [2.75, 3.05) is 0 Å². The molecule has 0 aliphatic rings. The van der Waals surface area contributed by atoms with Gasteiger partial charge in [-0.25, -0.2) is 9.59 Å². The number of carboxylic acid groups (broad SMARTS) is 2. The second-order valence-corrected chi connectivity index (χ2v) is 3.95. The molecule has 7 nitrogen and oxygen atoms in total. The molecule has 0 radical (unpaired) electrons. The van der Waals surface area contributed by atoms with Crippen LogP contribution in [0.5, 0.6) is 0 Å². The van der Waals surface area contributed by atoms with E-state index in [-0.39, 0.29) is 12.8 Å². The van der Waals surface area contributed by atoms with Crippen LogP contribution in [0.2, 0.25) is 0 Å². The molecule has 0 aromatic carbocycles. The molecule has 0 aliphatic carbocycles. The zero-order valence-electron chi connectivity index (χ0n) is 10.7. The molecule has 0 bridgehead atoms. The van der Waals surface area contributed by atoms with Gasteiger partial charge in [-0.3, -0.25) is 4.79 Å². The van der Waals surface area contributed by atoms with Crippen LogP contribution >= 0.6 is 0 Å². The standard InChI is InChI=1S/C12H18N2O5/c1-3-5-8(4-2)13-12(19)14-9(11(17)18)6-7-10(15)16/h2,8-9H,3,5-7H2,1H3,(H,15,16)(H,17,18)(H2,13,14,19). The average molecular weight is 270 g/mol. The van der Waals surface area contributed by atoms with Gasteiger partial charge in [0.2, 0.25) is 0 Å². The summed E-state index contributed by atoms with van der Waals surface area (Å²) in [7, 11) is 0. The molecular weight excluding hydrogens is 252 g/mol. The highest BCUT2D eigenvalue weighted by Crippen LogP contribution is 1.99. The molecule has 0 saturated carbocycles. The van der Waals surface area contributed by atoms with Gasteiger partial charge in [0, 0.05) is 6.42 Å². The molecule has 2 amide bonds. The molecule has 2 atom stereocenters. The fourth-order valence-corrected chi connectivity index (χ4v) is 1.37. The van der Waals surface area contributed by atoms with Gasteiger partial charge in [0.1, 0.15) is 6.04 Å². The van der Waals surface area contributed by atoms with E-state index in [1.807, 2.05) is 6.92 Å². The van der Waals surface area contributed by atoms with Crippen molar-refractivity contribution >= 4 is 18.0 Å². The highest BCUT2D eigenvalue weighted by atomic mass is 16.4. The quantitative estimate of drug-likeness (QED) is 0.477. The summed E-state index contributed by atoms with van der Waals surface area (Å²) in [6.45, 7) is 1.90. The number of amides is 2. The molecule has 0 saturated heterocycles. The van der Waals surface area contributed by atoms with Gasteiger partial charge in [0.05, 0.1) is 6.04 Å². The number of rotatable bonds is 8. The summed E-state index contributed by atoms with van der Waals surface area (Å²) in [5, 5.41) is 22.0. The molecule has 0 aromatic heterocycles. The van der Waals surface area contributed by atoms with E-state index in [2.05, 4.69) is 16.6 Å². The predicted octanol–water partition coefficient (Wildman–Crippen LogP) is 0.406. The summed E-state index contributed by atoms with van der Waals surface area (Å²) in [6, 6.07) is -2.44. The maximum absolute atomic E-state index is 11.5. The van der Waals surface area contributed by atoms with Crippen molar-refractivity contribution in [2.24, 2.45) is 0 Å². The molecule has 0 heterocycles. The van der Waals surface area contributed by atoms with Crippen LogP contribution in [-0.2, 0) is 9.59 Å². The zero-order valence-corrected chi connectivity index (χ0v) is 10.7. The number of carbonyl (C=O) groups excluding carboxylic acids is 1. The molecule has 0 rings (SSSR count). The Kier molecular flexibility index (Phi) is 7.77. The lowest BCUT2D eigenvalue weighted by Gasteiger charge is -2.17. The summed E-state index contributed by atoms with van der Waals surface area (Å²) < 4.78 is 0. The van der Waals surface area contributed by atoms with E-state index in [4.69, 9.17) is 16.6 Å². The summed E-state index contributed by atoms with van der Waals surface area (Å²) in [4.78, 5) is 32.7. The van der Waals surface area contributed by atoms with Gasteiger partial charge in [-0.15, -0.1) is 6.42 Å². The lowest BCUT2D eigenvalue weighted by molar-refractivity contribution is -0.140. The molecule has 19 heavy (non-hydrogen) atoms. The van der Waals surface area contributed by atoms with E-state index in [0.717, 1.165) is 6.42 Å². The number of nitrogens with one attached hydrogen (secondary N) is 2. The monoisotopic (exact) mass is 270 g/mol. The number of aliphatic carboxylic acids is 2. The zero-order chi connectivity index (χ0) is 14.8. The molecule has 0 aromatic rings. The Morgan fingerprint density at radius 2 is 1.84 bits per heavy atom. The summed E-state index contributed by atoms with van der Waals surface area (Å²) in [5.41, 5.74) is 0. The number of urea groups is 1. The summed E-state index contributed by atoms with van der Waals surface area (Å²) in [6.07, 6.45) is 6.03. The topological polar surface area (TPSA) is 116 Å². The molecule has 106 valence electrons. The van der Waals surface area contributed by atoms with E-state index in [1.54, 1.807) is 0 Å². The Labute approximate surface area is 111 Å². The largest absolute Gasteiger partial charge is 0.481 e. The van der Waals surface area contributed by atoms with Crippen LogP contribution in [0.25, 0.3) is 0 Å². The number of hydrogen-bond donors (Lipinski definition) is 4. The molecule has 7 heteroatoms. The maximum atomic E-state index is 11.5. The van der Waals surface area contributed by atoms with E-state index < -0.39 is 30.1 Å². The van der Waals surface area contributed by atoms with Crippen molar-refractivity contribution in [3.8, 4) is 12.3 Å². The Morgan fingerprint density at radius 1 is 1.21 bits per heavy atom. The third kappa shape index (κ3) is 7.65. The van der Waals surface area contributed by atoms with Gasteiger partial charge < -0.3 is 20.8 Å². The van der Waals surface area contributed by atoms with E-state index in [0.29, 0.717) is 6.42 Å². The number of terminal acetylenes is 1. The highest BCUT2D eigenvalue weighted by Gasteiger charge is 2.21. The lowest BCUT2D eigenvalue weighted by atomic mass is 10.1. The number of hydrogen-bond acceptors (Lipinski definition) is 3. The van der Waals surface area contributed by atoms with Crippen molar-refractivity contribution < 1.29 is 24.6 Å². The van der Waals surface area contributed by atoms with Crippen LogP contribution in [-0.4, -0.2) is 40.3 Å². The minimum Gasteiger partial charge on any atom is -0.481 e. The Balaban J connectivity index is 4.35. The van der Waals surface area contributed by atoms with Crippen LogP contribution in [0.3, 0.4) is 0 Å². The van der Waals surface area contributed by atoms with E-state index in [9.17, 15) is 14.4 Å². The first kappa shape index (κ1) is 16.8. The first-order valence-electron chi connectivity index (χ1n) is 5.88. The predicted molar refractivity (Wildman–Crippen MR) is 67.5 cm³/mol. The van der Waals surface area contributed by atoms with Crippen molar-refractivity contribution in [2.45, 2.75) is 44.7 Å². The van der Waals surface area contributed by atoms with E-state index in [1.165, 1.54) is 0 Å². The Hall–Kier alpha value is -2.23. The lowest BCUT2D eigenvalue weighted by Crippen LogP contribution is -2.48. The molecular formula is C12H18N2O5. The third-order valence-corrected chi connectivity index (χ3v) is 2.33. The Morgan fingerprint density at radius 3 is 2.26 bits per heavy atom. The third-order valence-electron chi connectivity index (χ3n) is 2.33. The van der Waals surface area contributed by atoms with Gasteiger partial charge in [-0.05, 0) is 12.8 Å². The Bertz CT molecular complexity index is 375. The first-order chi connectivity index (χ1) is 8.90. The van der Waals surface area contributed by atoms with Crippen LogP contribution in [0, 0.1) is 12.3 Å². The maximum Gasteiger partial charge on any atom is 0.326 e. The van der Waals surface area contributed by atoms with Crippen LogP contribution in [0.15, 0.2) is 0 Å². The van der Waals surface area contributed by atoms with Crippen molar-refractivity contribution in [3.63, 3.8) is 0 Å².